The number of hydrogen-bond donors (Lipinski definition) is 1. The maximum atomic E-state index is 11.7. The quantitative estimate of drug-likeness (QED) is 0.681. The van der Waals surface area contributed by atoms with Gasteiger partial charge in [-0.3, -0.25) is 4.79 Å². The number of carbonyl (C=O) groups excluding carboxylic acids is 1. The van der Waals surface area contributed by atoms with Gasteiger partial charge in [-0.25, -0.2) is 0 Å². The standard InChI is InChI=1S/C9H15Cl2NO/c1-7(2,3)12-6(13)8(4)5-9(8,10)11/h5H2,1-4H3,(H,12,13). The number of hydrogen-bond acceptors (Lipinski definition) is 1. The van der Waals surface area contributed by atoms with E-state index in [-0.39, 0.29) is 11.4 Å². The Morgan fingerprint density at radius 3 is 2.00 bits per heavy atom. The van der Waals surface area contributed by atoms with E-state index in [2.05, 4.69) is 5.32 Å². The minimum Gasteiger partial charge on any atom is -0.351 e. The Morgan fingerprint density at radius 2 is 1.77 bits per heavy atom. The molecule has 1 fully saturated rings. The molecule has 0 aromatic carbocycles. The molecule has 0 aliphatic heterocycles. The molecule has 1 amide bonds. The molecular weight excluding hydrogens is 209 g/mol. The fourth-order valence-corrected chi connectivity index (χ4v) is 1.83. The molecule has 4 heteroatoms. The Morgan fingerprint density at radius 1 is 1.38 bits per heavy atom. The van der Waals surface area contributed by atoms with Crippen molar-refractivity contribution in [1.29, 1.82) is 0 Å². The van der Waals surface area contributed by atoms with Crippen molar-refractivity contribution in [1.82, 2.24) is 5.32 Å². The van der Waals surface area contributed by atoms with E-state index in [4.69, 9.17) is 23.2 Å². The number of amides is 1. The van der Waals surface area contributed by atoms with E-state index in [9.17, 15) is 4.79 Å². The van der Waals surface area contributed by atoms with Crippen LogP contribution in [0.4, 0.5) is 0 Å². The molecule has 0 radical (unpaired) electrons. The Kier molecular flexibility index (Phi) is 2.37. The highest BCUT2D eigenvalue weighted by Gasteiger charge is 2.68. The first-order valence-electron chi connectivity index (χ1n) is 4.29. The van der Waals surface area contributed by atoms with Crippen LogP contribution in [0.3, 0.4) is 0 Å². The smallest absolute Gasteiger partial charge is 0.229 e. The lowest BCUT2D eigenvalue weighted by Gasteiger charge is -2.23. The summed E-state index contributed by atoms with van der Waals surface area (Å²) in [6.45, 7) is 7.58. The Bertz CT molecular complexity index is 244. The van der Waals surface area contributed by atoms with E-state index in [1.54, 1.807) is 6.92 Å². The second kappa shape index (κ2) is 2.77. The summed E-state index contributed by atoms with van der Waals surface area (Å²) < 4.78 is -0.873. The number of carbonyl (C=O) groups is 1. The first-order chi connectivity index (χ1) is 5.58. The fraction of sp³-hybridized carbons (Fsp3) is 0.889. The molecule has 1 N–H and O–H groups in total. The predicted octanol–water partition coefficient (Wildman–Crippen LogP) is 2.49. The minimum atomic E-state index is -0.873. The summed E-state index contributed by atoms with van der Waals surface area (Å²) in [7, 11) is 0. The Labute approximate surface area is 89.0 Å². The maximum Gasteiger partial charge on any atom is 0.229 e. The zero-order valence-electron chi connectivity index (χ0n) is 8.37. The number of rotatable bonds is 1. The molecule has 0 saturated heterocycles. The van der Waals surface area contributed by atoms with Crippen LogP contribution in [0.25, 0.3) is 0 Å². The van der Waals surface area contributed by atoms with Gasteiger partial charge in [0.2, 0.25) is 5.91 Å². The molecule has 13 heavy (non-hydrogen) atoms. The normalized spacial score (nSPS) is 31.2. The van der Waals surface area contributed by atoms with Gasteiger partial charge >= 0.3 is 0 Å². The second-order valence-corrected chi connectivity index (χ2v) is 6.40. The third kappa shape index (κ3) is 2.10. The van der Waals surface area contributed by atoms with Gasteiger partial charge in [0.15, 0.2) is 0 Å². The maximum absolute atomic E-state index is 11.7. The molecule has 76 valence electrons. The van der Waals surface area contributed by atoms with Gasteiger partial charge in [-0.1, -0.05) is 0 Å². The summed E-state index contributed by atoms with van der Waals surface area (Å²) in [4.78, 5) is 11.7. The summed E-state index contributed by atoms with van der Waals surface area (Å²) in [6.07, 6.45) is 0.533. The van der Waals surface area contributed by atoms with Crippen LogP contribution in [0, 0.1) is 5.41 Å². The highest BCUT2D eigenvalue weighted by atomic mass is 35.5. The van der Waals surface area contributed by atoms with Gasteiger partial charge in [0.1, 0.15) is 4.33 Å². The van der Waals surface area contributed by atoms with Crippen molar-refractivity contribution in [2.45, 2.75) is 44.0 Å². The van der Waals surface area contributed by atoms with Crippen molar-refractivity contribution < 1.29 is 4.79 Å². The van der Waals surface area contributed by atoms with E-state index < -0.39 is 9.75 Å². The minimum absolute atomic E-state index is 0.0648. The van der Waals surface area contributed by atoms with E-state index in [0.29, 0.717) is 6.42 Å². The van der Waals surface area contributed by atoms with Gasteiger partial charge in [0.05, 0.1) is 5.41 Å². The lowest BCUT2D eigenvalue weighted by molar-refractivity contribution is -0.127. The Hall–Kier alpha value is 0.0500. The van der Waals surface area contributed by atoms with Crippen LogP contribution in [-0.4, -0.2) is 15.8 Å². The van der Waals surface area contributed by atoms with Gasteiger partial charge in [0.25, 0.3) is 0 Å². The van der Waals surface area contributed by atoms with E-state index in [1.165, 1.54) is 0 Å². The van der Waals surface area contributed by atoms with Crippen molar-refractivity contribution in [3.63, 3.8) is 0 Å². The molecule has 0 heterocycles. The molecule has 2 nitrogen and oxygen atoms in total. The van der Waals surface area contributed by atoms with Crippen LogP contribution in [0.2, 0.25) is 0 Å². The topological polar surface area (TPSA) is 29.1 Å². The van der Waals surface area contributed by atoms with Crippen LogP contribution in [0.5, 0.6) is 0 Å². The first-order valence-corrected chi connectivity index (χ1v) is 5.05. The second-order valence-electron chi connectivity index (χ2n) is 4.92. The molecular formula is C9H15Cl2NO. The number of alkyl halides is 2. The summed E-state index contributed by atoms with van der Waals surface area (Å²) in [5.74, 6) is -0.0648. The molecule has 1 aliphatic rings. The van der Waals surface area contributed by atoms with E-state index in [0.717, 1.165) is 0 Å². The average molecular weight is 224 g/mol. The van der Waals surface area contributed by atoms with Crippen LogP contribution in [-0.2, 0) is 4.79 Å². The zero-order chi connectivity index (χ0) is 10.5. The summed E-state index contributed by atoms with van der Waals surface area (Å²) in [5, 5.41) is 2.87. The lowest BCUT2D eigenvalue weighted by atomic mass is 10.0. The van der Waals surface area contributed by atoms with Gasteiger partial charge in [0, 0.05) is 5.54 Å². The third-order valence-electron chi connectivity index (χ3n) is 2.25. The molecule has 1 saturated carbocycles. The monoisotopic (exact) mass is 223 g/mol. The highest BCUT2D eigenvalue weighted by Crippen LogP contribution is 2.63. The van der Waals surface area contributed by atoms with Crippen molar-refractivity contribution in [3.8, 4) is 0 Å². The molecule has 0 spiro atoms. The first kappa shape index (κ1) is 11.1. The Balaban J connectivity index is 2.62. The molecule has 1 unspecified atom stereocenters. The molecule has 1 aliphatic carbocycles. The van der Waals surface area contributed by atoms with E-state index >= 15 is 0 Å². The predicted molar refractivity (Wildman–Crippen MR) is 55.1 cm³/mol. The summed E-state index contributed by atoms with van der Waals surface area (Å²) in [6, 6.07) is 0. The van der Waals surface area contributed by atoms with Crippen molar-refractivity contribution in [3.05, 3.63) is 0 Å². The molecule has 0 aromatic rings. The van der Waals surface area contributed by atoms with Gasteiger partial charge in [-0.15, -0.1) is 23.2 Å². The summed E-state index contributed by atoms with van der Waals surface area (Å²) in [5.41, 5.74) is -0.837. The van der Waals surface area contributed by atoms with Crippen LogP contribution >= 0.6 is 23.2 Å². The SMILES string of the molecule is CC(C)(C)NC(=O)C1(C)CC1(Cl)Cl. The van der Waals surface area contributed by atoms with Gasteiger partial charge < -0.3 is 5.32 Å². The van der Waals surface area contributed by atoms with Crippen LogP contribution < -0.4 is 5.32 Å². The van der Waals surface area contributed by atoms with Crippen LogP contribution in [0.1, 0.15) is 34.1 Å². The average Bonchev–Trinajstić information content (AvgIpc) is 2.29. The van der Waals surface area contributed by atoms with Crippen molar-refractivity contribution in [2.75, 3.05) is 0 Å². The van der Waals surface area contributed by atoms with Crippen molar-refractivity contribution in [2.24, 2.45) is 5.41 Å². The van der Waals surface area contributed by atoms with Crippen LogP contribution in [0.15, 0.2) is 0 Å². The molecule has 0 aromatic heterocycles. The third-order valence-corrected chi connectivity index (χ3v) is 3.35. The summed E-state index contributed by atoms with van der Waals surface area (Å²) >= 11 is 11.8. The highest BCUT2D eigenvalue weighted by molar-refractivity contribution is 6.53. The molecule has 1 atom stereocenters. The molecule has 1 rings (SSSR count). The van der Waals surface area contributed by atoms with E-state index in [1.807, 2.05) is 20.8 Å². The van der Waals surface area contributed by atoms with Gasteiger partial charge in [-0.05, 0) is 34.1 Å². The largest absolute Gasteiger partial charge is 0.351 e. The zero-order valence-corrected chi connectivity index (χ0v) is 9.88. The fourth-order valence-electron chi connectivity index (χ4n) is 1.12. The lowest BCUT2D eigenvalue weighted by Crippen LogP contribution is -2.45. The van der Waals surface area contributed by atoms with Gasteiger partial charge in [-0.2, -0.15) is 0 Å². The number of halogens is 2. The molecule has 0 bridgehead atoms. The van der Waals surface area contributed by atoms with Crippen molar-refractivity contribution >= 4 is 29.1 Å². The number of nitrogens with one attached hydrogen (secondary N) is 1.